The highest BCUT2D eigenvalue weighted by Crippen LogP contribution is 2.17. The van der Waals surface area contributed by atoms with Crippen LogP contribution in [0.5, 0.6) is 0 Å². The van der Waals surface area contributed by atoms with E-state index in [2.05, 4.69) is 13.8 Å². The number of rotatable bonds is 10. The van der Waals surface area contributed by atoms with Gasteiger partial charge in [0.15, 0.2) is 0 Å². The second-order valence-electron chi connectivity index (χ2n) is 5.63. The first kappa shape index (κ1) is 20.2. The summed E-state index contributed by atoms with van der Waals surface area (Å²) in [6, 6.07) is 0. The third kappa shape index (κ3) is 24.9. The van der Waals surface area contributed by atoms with E-state index in [4.69, 9.17) is 0 Å². The van der Waals surface area contributed by atoms with Crippen molar-refractivity contribution in [1.82, 2.24) is 0 Å². The van der Waals surface area contributed by atoms with Crippen LogP contribution in [0, 0.1) is 0 Å². The van der Waals surface area contributed by atoms with Crippen LogP contribution < -0.4 is 0 Å². The van der Waals surface area contributed by atoms with Crippen molar-refractivity contribution in [2.24, 2.45) is 0 Å². The molecule has 0 spiro atoms. The van der Waals surface area contributed by atoms with Gasteiger partial charge < -0.3 is 0 Å². The van der Waals surface area contributed by atoms with E-state index in [1.54, 1.807) is 13.8 Å². The summed E-state index contributed by atoms with van der Waals surface area (Å²) < 4.78 is 24.2. The summed E-state index contributed by atoms with van der Waals surface area (Å²) in [5, 5.41) is 0. The van der Waals surface area contributed by atoms with Crippen molar-refractivity contribution in [2.75, 3.05) is 6.67 Å². The first-order valence-electron chi connectivity index (χ1n) is 7.72. The molecule has 0 aromatic heterocycles. The van der Waals surface area contributed by atoms with Gasteiger partial charge in [0, 0.05) is 0 Å². The lowest BCUT2D eigenvalue weighted by Crippen LogP contribution is -2.10. The molecular formula is C16H34F2. The molecule has 0 fully saturated rings. The quantitative estimate of drug-likeness (QED) is 0.388. The van der Waals surface area contributed by atoms with Gasteiger partial charge >= 0.3 is 0 Å². The topological polar surface area (TPSA) is 0 Å². The third-order valence-corrected chi connectivity index (χ3v) is 2.86. The monoisotopic (exact) mass is 264 g/mol. The highest BCUT2D eigenvalue weighted by atomic mass is 19.1. The van der Waals surface area contributed by atoms with Gasteiger partial charge in [-0.05, 0) is 26.7 Å². The summed E-state index contributed by atoms with van der Waals surface area (Å²) in [7, 11) is 0. The van der Waals surface area contributed by atoms with E-state index in [1.165, 1.54) is 32.1 Å². The van der Waals surface area contributed by atoms with Crippen molar-refractivity contribution >= 4 is 0 Å². The van der Waals surface area contributed by atoms with Crippen LogP contribution >= 0.6 is 0 Å². The minimum atomic E-state index is -0.949. The fourth-order valence-electron chi connectivity index (χ4n) is 1.67. The lowest BCUT2D eigenvalue weighted by molar-refractivity contribution is 0.196. The third-order valence-electron chi connectivity index (χ3n) is 2.86. The first-order valence-corrected chi connectivity index (χ1v) is 7.72. The van der Waals surface area contributed by atoms with Crippen LogP contribution in [0.2, 0.25) is 0 Å². The van der Waals surface area contributed by atoms with Gasteiger partial charge in [-0.25, -0.2) is 4.39 Å². The summed E-state index contributed by atoms with van der Waals surface area (Å²) >= 11 is 0. The molecule has 0 saturated heterocycles. The molecule has 0 aromatic carbocycles. The van der Waals surface area contributed by atoms with Crippen LogP contribution in [-0.2, 0) is 0 Å². The van der Waals surface area contributed by atoms with Gasteiger partial charge in [0.25, 0.3) is 0 Å². The maximum Gasteiger partial charge on any atom is 0.105 e. The number of hydrogen-bond acceptors (Lipinski definition) is 0. The molecule has 0 nitrogen and oxygen atoms in total. The average Bonchev–Trinajstić information content (AvgIpc) is 2.29. The van der Waals surface area contributed by atoms with Crippen LogP contribution in [0.3, 0.4) is 0 Å². The molecule has 0 radical (unpaired) electrons. The molecule has 0 aliphatic carbocycles. The Bertz CT molecular complexity index is 133. The molecule has 0 aliphatic rings. The van der Waals surface area contributed by atoms with E-state index in [-0.39, 0.29) is 6.67 Å². The Labute approximate surface area is 114 Å². The van der Waals surface area contributed by atoms with Crippen molar-refractivity contribution in [2.45, 2.75) is 97.6 Å². The largest absolute Gasteiger partial charge is 0.251 e. The molecule has 0 amide bonds. The molecule has 18 heavy (non-hydrogen) atoms. The van der Waals surface area contributed by atoms with Crippen molar-refractivity contribution in [1.29, 1.82) is 0 Å². The first-order chi connectivity index (χ1) is 8.47. The standard InChI is InChI=1S/2C8H17F/c1-4-5-6-7-8(2,3)9;1-2-3-4-5-6-7-8-9/h4-7H2,1-3H3;2-8H2,1H3. The van der Waals surface area contributed by atoms with E-state index in [9.17, 15) is 8.78 Å². The van der Waals surface area contributed by atoms with Gasteiger partial charge in [-0.3, -0.25) is 4.39 Å². The highest BCUT2D eigenvalue weighted by Gasteiger charge is 2.13. The van der Waals surface area contributed by atoms with E-state index in [0.29, 0.717) is 6.42 Å². The fourth-order valence-corrected chi connectivity index (χ4v) is 1.67. The Morgan fingerprint density at radius 1 is 0.722 bits per heavy atom. The summed E-state index contributed by atoms with van der Waals surface area (Å²) in [5.41, 5.74) is -0.949. The second kappa shape index (κ2) is 14.9. The Hall–Kier alpha value is -0.140. The summed E-state index contributed by atoms with van der Waals surface area (Å²) in [4.78, 5) is 0. The fraction of sp³-hybridized carbons (Fsp3) is 1.00. The van der Waals surface area contributed by atoms with Crippen molar-refractivity contribution in [3.63, 3.8) is 0 Å². The Balaban J connectivity index is 0. The van der Waals surface area contributed by atoms with Gasteiger partial charge in [-0.15, -0.1) is 0 Å². The zero-order valence-corrected chi connectivity index (χ0v) is 13.0. The number of unbranched alkanes of at least 4 members (excludes halogenated alkanes) is 7. The summed E-state index contributed by atoms with van der Waals surface area (Å²) in [6.07, 6.45) is 11.0. The van der Waals surface area contributed by atoms with E-state index in [0.717, 1.165) is 25.7 Å². The second-order valence-corrected chi connectivity index (χ2v) is 5.63. The lowest BCUT2D eigenvalue weighted by Gasteiger charge is -2.12. The smallest absolute Gasteiger partial charge is 0.105 e. The molecule has 0 aliphatic heterocycles. The van der Waals surface area contributed by atoms with Gasteiger partial charge in [-0.1, -0.05) is 65.2 Å². The molecule has 2 heteroatoms. The molecule has 0 N–H and O–H groups in total. The number of halogens is 2. The van der Waals surface area contributed by atoms with Crippen LogP contribution in [0.4, 0.5) is 8.78 Å². The molecule has 0 bridgehead atoms. The molecule has 0 aromatic rings. The minimum absolute atomic E-state index is 0.133. The predicted molar refractivity (Wildman–Crippen MR) is 78.7 cm³/mol. The van der Waals surface area contributed by atoms with E-state index in [1.807, 2.05) is 0 Å². The number of alkyl halides is 2. The lowest BCUT2D eigenvalue weighted by atomic mass is 10.0. The Morgan fingerprint density at radius 2 is 1.17 bits per heavy atom. The molecule has 112 valence electrons. The van der Waals surface area contributed by atoms with Crippen molar-refractivity contribution in [3.05, 3.63) is 0 Å². The number of hydrogen-bond donors (Lipinski definition) is 0. The maximum absolute atomic E-state index is 12.7. The highest BCUT2D eigenvalue weighted by molar-refractivity contribution is 4.64. The Morgan fingerprint density at radius 3 is 1.61 bits per heavy atom. The molecule has 0 heterocycles. The zero-order valence-electron chi connectivity index (χ0n) is 13.0. The van der Waals surface area contributed by atoms with Crippen LogP contribution in [-0.4, -0.2) is 12.3 Å². The maximum atomic E-state index is 12.7. The molecule has 0 unspecified atom stereocenters. The summed E-state index contributed by atoms with van der Waals surface area (Å²) in [5.74, 6) is 0. The van der Waals surface area contributed by atoms with Crippen LogP contribution in [0.1, 0.15) is 91.9 Å². The molecule has 0 atom stereocenters. The van der Waals surface area contributed by atoms with Gasteiger partial charge in [0.2, 0.25) is 0 Å². The van der Waals surface area contributed by atoms with Crippen LogP contribution in [0.25, 0.3) is 0 Å². The van der Waals surface area contributed by atoms with Gasteiger partial charge in [0.05, 0.1) is 6.67 Å². The Kier molecular flexibility index (Phi) is 16.7. The summed E-state index contributed by atoms with van der Waals surface area (Å²) in [6.45, 7) is 7.47. The van der Waals surface area contributed by atoms with Crippen molar-refractivity contribution < 1.29 is 8.78 Å². The zero-order chi connectivity index (χ0) is 14.3. The minimum Gasteiger partial charge on any atom is -0.251 e. The van der Waals surface area contributed by atoms with Crippen LogP contribution in [0.15, 0.2) is 0 Å². The molecular weight excluding hydrogens is 230 g/mol. The van der Waals surface area contributed by atoms with Gasteiger partial charge in [-0.2, -0.15) is 0 Å². The van der Waals surface area contributed by atoms with E-state index >= 15 is 0 Å². The molecule has 0 rings (SSSR count). The van der Waals surface area contributed by atoms with Gasteiger partial charge in [0.1, 0.15) is 5.67 Å². The van der Waals surface area contributed by atoms with E-state index < -0.39 is 5.67 Å². The van der Waals surface area contributed by atoms with Crippen molar-refractivity contribution in [3.8, 4) is 0 Å². The normalized spacial score (nSPS) is 11.0. The predicted octanol–water partition coefficient (Wildman–Crippen LogP) is 6.63. The SMILES string of the molecule is CCCCCC(C)(C)F.CCCCCCCCF. The average molecular weight is 264 g/mol. The molecule has 0 saturated carbocycles.